The van der Waals surface area contributed by atoms with E-state index in [1.807, 2.05) is 12.1 Å². The zero-order valence-corrected chi connectivity index (χ0v) is 17.8. The Labute approximate surface area is 176 Å². The van der Waals surface area contributed by atoms with Crippen LogP contribution in [0.1, 0.15) is 27.9 Å². The Balaban J connectivity index is 1.44. The Bertz CT molecular complexity index is 1040. The molecule has 9 heteroatoms. The SMILES string of the molecule is CS(=O)(=O)N1CCCc2cc(C(=O)NCc3ccnc(N4CCOCC4)c3)ccc21. The van der Waals surface area contributed by atoms with Crippen molar-refractivity contribution >= 4 is 27.4 Å². The van der Waals surface area contributed by atoms with E-state index in [9.17, 15) is 13.2 Å². The number of benzene rings is 1. The van der Waals surface area contributed by atoms with Crippen molar-refractivity contribution in [2.24, 2.45) is 0 Å². The van der Waals surface area contributed by atoms with Gasteiger partial charge in [0, 0.05) is 37.9 Å². The molecule has 1 aromatic heterocycles. The lowest BCUT2D eigenvalue weighted by atomic mass is 10.0. The van der Waals surface area contributed by atoms with Crippen LogP contribution in [0.5, 0.6) is 0 Å². The summed E-state index contributed by atoms with van der Waals surface area (Å²) in [5.41, 5.74) is 3.06. The molecule has 0 unspecified atom stereocenters. The maximum Gasteiger partial charge on any atom is 0.251 e. The molecule has 0 atom stereocenters. The summed E-state index contributed by atoms with van der Waals surface area (Å²) >= 11 is 0. The molecule has 0 aliphatic carbocycles. The predicted octanol–water partition coefficient (Wildman–Crippen LogP) is 1.56. The van der Waals surface area contributed by atoms with Crippen molar-refractivity contribution in [3.63, 3.8) is 0 Å². The third-order valence-electron chi connectivity index (χ3n) is 5.42. The molecule has 1 saturated heterocycles. The summed E-state index contributed by atoms with van der Waals surface area (Å²) in [5.74, 6) is 0.707. The second kappa shape index (κ2) is 8.61. The van der Waals surface area contributed by atoms with Crippen LogP contribution in [0.3, 0.4) is 0 Å². The molecule has 0 spiro atoms. The van der Waals surface area contributed by atoms with Crippen molar-refractivity contribution < 1.29 is 17.9 Å². The highest BCUT2D eigenvalue weighted by Crippen LogP contribution is 2.29. The maximum absolute atomic E-state index is 12.7. The fourth-order valence-corrected chi connectivity index (χ4v) is 4.86. The van der Waals surface area contributed by atoms with E-state index in [4.69, 9.17) is 4.74 Å². The third-order valence-corrected chi connectivity index (χ3v) is 6.60. The molecule has 4 rings (SSSR count). The van der Waals surface area contributed by atoms with Gasteiger partial charge in [0.25, 0.3) is 5.91 Å². The highest BCUT2D eigenvalue weighted by atomic mass is 32.2. The number of ether oxygens (including phenoxy) is 1. The summed E-state index contributed by atoms with van der Waals surface area (Å²) in [5, 5.41) is 2.95. The molecule has 1 aromatic carbocycles. The molecular formula is C21H26N4O4S. The van der Waals surface area contributed by atoms with Crippen LogP contribution in [0, 0.1) is 0 Å². The van der Waals surface area contributed by atoms with Crippen molar-refractivity contribution in [2.45, 2.75) is 19.4 Å². The Morgan fingerprint density at radius 3 is 2.73 bits per heavy atom. The van der Waals surface area contributed by atoms with Crippen LogP contribution in [0.4, 0.5) is 11.5 Å². The standard InChI is InChI=1S/C21H26N4O4S/c1-30(27,28)25-8-2-3-17-14-18(4-5-19(17)25)21(26)23-15-16-6-7-22-20(13-16)24-9-11-29-12-10-24/h4-7,13-14H,2-3,8-12,15H2,1H3,(H,23,26). The number of amides is 1. The van der Waals surface area contributed by atoms with E-state index < -0.39 is 10.0 Å². The fraction of sp³-hybridized carbons (Fsp3) is 0.429. The van der Waals surface area contributed by atoms with Gasteiger partial charge in [-0.1, -0.05) is 0 Å². The Kier molecular flexibility index (Phi) is 5.92. The lowest BCUT2D eigenvalue weighted by molar-refractivity contribution is 0.0951. The zero-order valence-electron chi connectivity index (χ0n) is 17.0. The maximum atomic E-state index is 12.7. The van der Waals surface area contributed by atoms with Gasteiger partial charge < -0.3 is 15.0 Å². The van der Waals surface area contributed by atoms with Crippen LogP contribution in [-0.2, 0) is 27.7 Å². The number of sulfonamides is 1. The number of nitrogens with one attached hydrogen (secondary N) is 1. The minimum atomic E-state index is -3.32. The van der Waals surface area contributed by atoms with E-state index in [1.54, 1.807) is 24.4 Å². The van der Waals surface area contributed by atoms with E-state index in [0.717, 1.165) is 42.9 Å². The highest BCUT2D eigenvalue weighted by molar-refractivity contribution is 7.92. The summed E-state index contributed by atoms with van der Waals surface area (Å²) in [6, 6.07) is 9.09. The van der Waals surface area contributed by atoms with Crippen LogP contribution in [0.2, 0.25) is 0 Å². The number of aryl methyl sites for hydroxylation is 1. The molecule has 0 radical (unpaired) electrons. The van der Waals surface area contributed by atoms with E-state index in [2.05, 4.69) is 15.2 Å². The van der Waals surface area contributed by atoms with Crippen molar-refractivity contribution in [1.29, 1.82) is 0 Å². The predicted molar refractivity (Wildman–Crippen MR) is 115 cm³/mol. The van der Waals surface area contributed by atoms with Crippen LogP contribution < -0.4 is 14.5 Å². The zero-order chi connectivity index (χ0) is 21.1. The van der Waals surface area contributed by atoms with Gasteiger partial charge in [0.05, 0.1) is 25.2 Å². The second-order valence-electron chi connectivity index (χ2n) is 7.59. The quantitative estimate of drug-likeness (QED) is 0.774. The number of fused-ring (bicyclic) bond motifs is 1. The molecule has 1 amide bonds. The molecule has 0 saturated carbocycles. The molecule has 2 aliphatic heterocycles. The first-order valence-corrected chi connectivity index (χ1v) is 11.9. The third kappa shape index (κ3) is 4.57. The number of carbonyl (C=O) groups is 1. The Hall–Kier alpha value is -2.65. The van der Waals surface area contributed by atoms with Gasteiger partial charge in [-0.3, -0.25) is 9.10 Å². The topological polar surface area (TPSA) is 91.8 Å². The van der Waals surface area contributed by atoms with Crippen molar-refractivity contribution in [3.05, 3.63) is 53.2 Å². The van der Waals surface area contributed by atoms with Gasteiger partial charge in [-0.25, -0.2) is 13.4 Å². The number of anilines is 2. The molecule has 1 N–H and O–H groups in total. The molecule has 2 aliphatic rings. The molecular weight excluding hydrogens is 404 g/mol. The summed E-state index contributed by atoms with van der Waals surface area (Å²) in [6.07, 6.45) is 4.47. The number of pyridine rings is 1. The normalized spacial score (nSPS) is 16.8. The lowest BCUT2D eigenvalue weighted by Gasteiger charge is -2.29. The van der Waals surface area contributed by atoms with Gasteiger partial charge in [0.2, 0.25) is 10.0 Å². The summed E-state index contributed by atoms with van der Waals surface area (Å²) in [6.45, 7) is 3.87. The molecule has 160 valence electrons. The molecule has 8 nitrogen and oxygen atoms in total. The lowest BCUT2D eigenvalue weighted by Crippen LogP contribution is -2.36. The Morgan fingerprint density at radius 1 is 1.17 bits per heavy atom. The summed E-state index contributed by atoms with van der Waals surface area (Å²) < 4.78 is 30.8. The summed E-state index contributed by atoms with van der Waals surface area (Å²) in [7, 11) is -3.32. The number of aromatic nitrogens is 1. The van der Waals surface area contributed by atoms with Crippen LogP contribution in [0.15, 0.2) is 36.5 Å². The van der Waals surface area contributed by atoms with E-state index in [1.165, 1.54) is 10.6 Å². The van der Waals surface area contributed by atoms with Gasteiger partial charge in [-0.2, -0.15) is 0 Å². The van der Waals surface area contributed by atoms with Crippen molar-refractivity contribution in [1.82, 2.24) is 10.3 Å². The van der Waals surface area contributed by atoms with Crippen LogP contribution >= 0.6 is 0 Å². The van der Waals surface area contributed by atoms with Gasteiger partial charge in [-0.15, -0.1) is 0 Å². The van der Waals surface area contributed by atoms with Gasteiger partial charge in [-0.05, 0) is 54.3 Å². The second-order valence-corrected chi connectivity index (χ2v) is 9.49. The summed E-state index contributed by atoms with van der Waals surface area (Å²) in [4.78, 5) is 19.3. The Morgan fingerprint density at radius 2 is 1.97 bits per heavy atom. The van der Waals surface area contributed by atoms with E-state index in [-0.39, 0.29) is 5.91 Å². The number of hydrogen-bond donors (Lipinski definition) is 1. The average molecular weight is 431 g/mol. The van der Waals surface area contributed by atoms with Crippen LogP contribution in [0.25, 0.3) is 0 Å². The largest absolute Gasteiger partial charge is 0.378 e. The first-order valence-electron chi connectivity index (χ1n) is 10.1. The number of nitrogens with zero attached hydrogens (tertiary/aromatic N) is 3. The number of hydrogen-bond acceptors (Lipinski definition) is 6. The highest BCUT2D eigenvalue weighted by Gasteiger charge is 2.24. The molecule has 0 bridgehead atoms. The van der Waals surface area contributed by atoms with Gasteiger partial charge in [0.1, 0.15) is 5.82 Å². The smallest absolute Gasteiger partial charge is 0.251 e. The van der Waals surface area contributed by atoms with Crippen molar-refractivity contribution in [3.8, 4) is 0 Å². The first kappa shape index (κ1) is 20.6. The minimum Gasteiger partial charge on any atom is -0.378 e. The molecule has 30 heavy (non-hydrogen) atoms. The van der Waals surface area contributed by atoms with Crippen molar-refractivity contribution in [2.75, 3.05) is 48.3 Å². The number of morpholine rings is 1. The molecule has 2 aromatic rings. The minimum absolute atomic E-state index is 0.181. The van der Waals surface area contributed by atoms with Gasteiger partial charge in [0.15, 0.2) is 0 Å². The van der Waals surface area contributed by atoms with E-state index in [0.29, 0.717) is 37.6 Å². The van der Waals surface area contributed by atoms with Crippen LogP contribution in [-0.4, -0.2) is 58.4 Å². The van der Waals surface area contributed by atoms with E-state index >= 15 is 0 Å². The van der Waals surface area contributed by atoms with Gasteiger partial charge >= 0.3 is 0 Å². The number of rotatable bonds is 5. The molecule has 1 fully saturated rings. The monoisotopic (exact) mass is 430 g/mol. The molecule has 3 heterocycles. The first-order chi connectivity index (χ1) is 14.4. The average Bonchev–Trinajstić information content (AvgIpc) is 2.77. The fourth-order valence-electron chi connectivity index (χ4n) is 3.87. The number of carbonyl (C=O) groups excluding carboxylic acids is 1.